The van der Waals surface area contributed by atoms with Crippen molar-refractivity contribution in [3.8, 4) is 11.5 Å². The van der Waals surface area contributed by atoms with E-state index in [9.17, 15) is 17.2 Å². The summed E-state index contributed by atoms with van der Waals surface area (Å²) in [4.78, 5) is 8.51. The third kappa shape index (κ3) is 6.58. The highest BCUT2D eigenvalue weighted by atomic mass is 32.2. The second-order valence-electron chi connectivity index (χ2n) is 9.14. The van der Waals surface area contributed by atoms with Crippen molar-refractivity contribution in [3.63, 3.8) is 0 Å². The number of aromatic nitrogens is 3. The minimum absolute atomic E-state index is 0.0200. The van der Waals surface area contributed by atoms with E-state index in [0.717, 1.165) is 37.4 Å². The molecule has 0 unspecified atom stereocenters. The van der Waals surface area contributed by atoms with Crippen LogP contribution in [0.4, 0.5) is 20.2 Å². The molecule has 2 aromatic heterocycles. The van der Waals surface area contributed by atoms with Crippen LogP contribution in [0.3, 0.4) is 0 Å². The van der Waals surface area contributed by atoms with Gasteiger partial charge >= 0.3 is 6.43 Å². The number of benzene rings is 2. The second kappa shape index (κ2) is 11.9. The maximum atomic E-state index is 13.6. The highest BCUT2D eigenvalue weighted by molar-refractivity contribution is 7.92. The van der Waals surface area contributed by atoms with Crippen LogP contribution in [0.2, 0.25) is 0 Å². The van der Waals surface area contributed by atoms with Crippen molar-refractivity contribution in [2.75, 3.05) is 47.7 Å². The molecule has 0 saturated carbocycles. The van der Waals surface area contributed by atoms with E-state index in [0.29, 0.717) is 17.8 Å². The number of alkyl halides is 2. The predicted octanol–water partition coefficient (Wildman–Crippen LogP) is 4.23. The number of nitrogens with zero attached hydrogens (tertiary/aromatic N) is 6. The molecule has 0 amide bonds. The predicted molar refractivity (Wildman–Crippen MR) is 144 cm³/mol. The maximum Gasteiger partial charge on any atom is 0.314 e. The summed E-state index contributed by atoms with van der Waals surface area (Å²) >= 11 is 0. The van der Waals surface area contributed by atoms with Crippen LogP contribution in [-0.4, -0.2) is 67.0 Å². The summed E-state index contributed by atoms with van der Waals surface area (Å²) in [6.45, 7) is 3.73. The number of para-hydroxylation sites is 1. The first-order valence-electron chi connectivity index (χ1n) is 12.5. The summed E-state index contributed by atoms with van der Waals surface area (Å²) in [7, 11) is -3.66. The molecule has 0 aliphatic carbocycles. The van der Waals surface area contributed by atoms with Crippen LogP contribution in [0.25, 0.3) is 11.5 Å². The number of halogens is 2. The minimum Gasteiger partial charge on any atom is -0.415 e. The van der Waals surface area contributed by atoms with Gasteiger partial charge in [0.15, 0.2) is 0 Å². The molecule has 12 heteroatoms. The Balaban J connectivity index is 1.25. The molecule has 0 atom stereocenters. The molecular formula is C27H28F2N6O3S. The highest BCUT2D eigenvalue weighted by Gasteiger charge is 2.26. The largest absolute Gasteiger partial charge is 0.415 e. The molecule has 0 spiro atoms. The number of rotatable bonds is 10. The van der Waals surface area contributed by atoms with Gasteiger partial charge in [-0.15, -0.1) is 10.2 Å². The Bertz CT molecular complexity index is 1450. The Kier molecular flexibility index (Phi) is 8.13. The molecular weight excluding hydrogens is 526 g/mol. The molecule has 1 aliphatic rings. The molecule has 2 aromatic carbocycles. The molecule has 5 rings (SSSR count). The molecule has 39 heavy (non-hydrogen) atoms. The van der Waals surface area contributed by atoms with Crippen molar-refractivity contribution >= 4 is 21.4 Å². The zero-order valence-electron chi connectivity index (χ0n) is 21.1. The molecule has 0 N–H and O–H groups in total. The van der Waals surface area contributed by atoms with Crippen molar-refractivity contribution < 1.29 is 21.6 Å². The number of pyridine rings is 1. The number of hydrogen-bond donors (Lipinski definition) is 0. The van der Waals surface area contributed by atoms with Gasteiger partial charge in [-0.1, -0.05) is 30.3 Å². The van der Waals surface area contributed by atoms with Gasteiger partial charge in [-0.2, -0.15) is 8.78 Å². The van der Waals surface area contributed by atoms with Crippen molar-refractivity contribution in [1.29, 1.82) is 0 Å². The van der Waals surface area contributed by atoms with Crippen LogP contribution in [0.5, 0.6) is 0 Å². The number of sulfonamides is 1. The van der Waals surface area contributed by atoms with Crippen LogP contribution in [0.1, 0.15) is 17.9 Å². The van der Waals surface area contributed by atoms with Crippen molar-refractivity contribution in [3.05, 3.63) is 90.6 Å². The van der Waals surface area contributed by atoms with E-state index in [2.05, 4.69) is 25.0 Å². The summed E-state index contributed by atoms with van der Waals surface area (Å²) in [5.41, 5.74) is 2.89. The van der Waals surface area contributed by atoms with Gasteiger partial charge in [0.2, 0.25) is 15.9 Å². The molecule has 1 aliphatic heterocycles. The monoisotopic (exact) mass is 554 g/mol. The summed E-state index contributed by atoms with van der Waals surface area (Å²) in [5.74, 6) is -0.782. The average Bonchev–Trinajstić information content (AvgIpc) is 3.47. The highest BCUT2D eigenvalue weighted by Crippen LogP contribution is 2.26. The molecule has 0 bridgehead atoms. The first-order chi connectivity index (χ1) is 18.9. The molecule has 1 saturated heterocycles. The van der Waals surface area contributed by atoms with Gasteiger partial charge in [-0.3, -0.25) is 14.2 Å². The zero-order chi connectivity index (χ0) is 27.2. The van der Waals surface area contributed by atoms with Crippen LogP contribution < -0.4 is 9.21 Å². The minimum atomic E-state index is -3.66. The molecule has 4 aromatic rings. The summed E-state index contributed by atoms with van der Waals surface area (Å²) in [6.07, 6.45) is 0.697. The second-order valence-corrected chi connectivity index (χ2v) is 11.1. The first-order valence-corrected chi connectivity index (χ1v) is 14.1. The lowest BCUT2D eigenvalue weighted by molar-refractivity contribution is 0.116. The number of anilines is 2. The summed E-state index contributed by atoms with van der Waals surface area (Å²) in [5, 5.41) is 7.01. The Hall–Kier alpha value is -3.90. The Morgan fingerprint density at radius 1 is 0.897 bits per heavy atom. The molecule has 0 radical (unpaired) electrons. The quantitative estimate of drug-likeness (QED) is 0.288. The maximum absolute atomic E-state index is 13.6. The lowest BCUT2D eigenvalue weighted by Crippen LogP contribution is -2.48. The zero-order valence-corrected chi connectivity index (χ0v) is 21.9. The standard InChI is InChI=1S/C27H28F2N6O3S/c28-25(29)27-32-31-26(38-27)22-8-6-21(7-9-22)20-35(24-4-2-1-3-5-24)39(36,37)19-18-33-14-16-34(17-15-33)23-10-12-30-13-11-23/h1-13,25H,14-20H2. The van der Waals surface area contributed by atoms with Gasteiger partial charge in [0, 0.05) is 56.4 Å². The first kappa shape index (κ1) is 26.7. The van der Waals surface area contributed by atoms with Crippen molar-refractivity contribution in [2.45, 2.75) is 13.0 Å². The van der Waals surface area contributed by atoms with Crippen LogP contribution in [-0.2, 0) is 16.6 Å². The smallest absolute Gasteiger partial charge is 0.314 e. The fourth-order valence-corrected chi connectivity index (χ4v) is 5.94. The topological polar surface area (TPSA) is 95.7 Å². The van der Waals surface area contributed by atoms with E-state index in [-0.39, 0.29) is 18.2 Å². The Morgan fingerprint density at radius 3 is 2.23 bits per heavy atom. The average molecular weight is 555 g/mol. The van der Waals surface area contributed by atoms with Gasteiger partial charge < -0.3 is 9.32 Å². The fraction of sp³-hybridized carbons (Fsp3) is 0.296. The third-order valence-electron chi connectivity index (χ3n) is 6.60. The van der Waals surface area contributed by atoms with Gasteiger partial charge in [-0.25, -0.2) is 8.42 Å². The Labute approximate surface area is 225 Å². The third-order valence-corrected chi connectivity index (χ3v) is 8.31. The lowest BCUT2D eigenvalue weighted by atomic mass is 10.1. The van der Waals surface area contributed by atoms with Gasteiger partial charge in [0.1, 0.15) is 0 Å². The molecule has 1 fully saturated rings. The molecule has 9 nitrogen and oxygen atoms in total. The van der Waals surface area contributed by atoms with Crippen LogP contribution in [0.15, 0.2) is 83.5 Å². The van der Waals surface area contributed by atoms with E-state index < -0.39 is 22.3 Å². The van der Waals surface area contributed by atoms with E-state index in [4.69, 9.17) is 4.42 Å². The molecule has 204 valence electrons. The van der Waals surface area contributed by atoms with E-state index in [1.807, 2.05) is 18.2 Å². The molecule has 3 heterocycles. The lowest BCUT2D eigenvalue weighted by Gasteiger charge is -2.36. The normalized spacial score (nSPS) is 14.6. The van der Waals surface area contributed by atoms with Crippen molar-refractivity contribution in [1.82, 2.24) is 20.1 Å². The number of piperazine rings is 1. The summed E-state index contributed by atoms with van der Waals surface area (Å²) in [6, 6.07) is 19.7. The van der Waals surface area contributed by atoms with Gasteiger partial charge in [-0.05, 0) is 42.0 Å². The SMILES string of the molecule is O=S(=O)(CCN1CCN(c2ccncc2)CC1)N(Cc1ccc(-c2nnc(C(F)F)o2)cc1)c1ccccc1. The van der Waals surface area contributed by atoms with E-state index >= 15 is 0 Å². The van der Waals surface area contributed by atoms with Crippen molar-refractivity contribution in [2.24, 2.45) is 0 Å². The van der Waals surface area contributed by atoms with E-state index in [1.54, 1.807) is 60.9 Å². The van der Waals surface area contributed by atoms with Gasteiger partial charge in [0.25, 0.3) is 5.89 Å². The van der Waals surface area contributed by atoms with Crippen LogP contribution >= 0.6 is 0 Å². The van der Waals surface area contributed by atoms with E-state index in [1.165, 1.54) is 4.31 Å². The Morgan fingerprint density at radius 2 is 1.59 bits per heavy atom. The van der Waals surface area contributed by atoms with Crippen LogP contribution in [0, 0.1) is 0 Å². The summed E-state index contributed by atoms with van der Waals surface area (Å²) < 4.78 is 59.2. The fourth-order valence-electron chi connectivity index (χ4n) is 4.44. The number of hydrogen-bond acceptors (Lipinski definition) is 8. The van der Waals surface area contributed by atoms with Gasteiger partial charge in [0.05, 0.1) is 18.0 Å².